The summed E-state index contributed by atoms with van der Waals surface area (Å²) in [5.74, 6) is 0. The Morgan fingerprint density at radius 3 is 3.16 bits per heavy atom. The molecule has 102 valence electrons. The molecule has 1 aliphatic rings. The van der Waals surface area contributed by atoms with E-state index in [-0.39, 0.29) is 6.29 Å². The Labute approximate surface area is 117 Å². The number of ether oxygens (including phenoxy) is 2. The molecule has 1 atom stereocenters. The largest absolute Gasteiger partial charge is 0.353 e. The summed E-state index contributed by atoms with van der Waals surface area (Å²) in [5, 5.41) is 1.59. The van der Waals surface area contributed by atoms with Crippen LogP contribution in [0.4, 0.5) is 0 Å². The van der Waals surface area contributed by atoms with Crippen LogP contribution in [-0.4, -0.2) is 22.4 Å². The predicted molar refractivity (Wildman–Crippen MR) is 74.1 cm³/mol. The summed E-state index contributed by atoms with van der Waals surface area (Å²) in [6, 6.07) is 3.96. The van der Waals surface area contributed by atoms with Crippen molar-refractivity contribution in [3.8, 4) is 0 Å². The van der Waals surface area contributed by atoms with E-state index in [1.807, 2.05) is 13.1 Å². The van der Waals surface area contributed by atoms with Gasteiger partial charge in [0.25, 0.3) is 0 Å². The van der Waals surface area contributed by atoms with Crippen molar-refractivity contribution in [3.05, 3.63) is 29.2 Å². The third-order valence-corrected chi connectivity index (χ3v) is 3.75. The van der Waals surface area contributed by atoms with Crippen molar-refractivity contribution in [3.63, 3.8) is 0 Å². The molecule has 0 bridgehead atoms. The van der Waals surface area contributed by atoms with E-state index in [1.54, 1.807) is 6.20 Å². The highest BCUT2D eigenvalue weighted by molar-refractivity contribution is 6.30. The second kappa shape index (κ2) is 5.49. The van der Waals surface area contributed by atoms with Crippen LogP contribution in [0.25, 0.3) is 10.9 Å². The summed E-state index contributed by atoms with van der Waals surface area (Å²) < 4.78 is 13.5. The molecule has 0 N–H and O–H groups in total. The molecule has 1 unspecified atom stereocenters. The molecule has 0 radical (unpaired) electrons. The lowest BCUT2D eigenvalue weighted by Gasteiger charge is -2.22. The minimum Gasteiger partial charge on any atom is -0.353 e. The molecule has 5 heteroatoms. The van der Waals surface area contributed by atoms with Gasteiger partial charge in [0, 0.05) is 30.9 Å². The van der Waals surface area contributed by atoms with Gasteiger partial charge in [-0.2, -0.15) is 0 Å². The third kappa shape index (κ3) is 2.76. The molecule has 0 aliphatic carbocycles. The van der Waals surface area contributed by atoms with Gasteiger partial charge in [0.2, 0.25) is 0 Å². The smallest absolute Gasteiger partial charge is 0.158 e. The molecule has 3 heterocycles. The van der Waals surface area contributed by atoms with E-state index >= 15 is 0 Å². The van der Waals surface area contributed by atoms with Gasteiger partial charge in [0.15, 0.2) is 6.29 Å². The number of halogens is 1. The van der Waals surface area contributed by atoms with Gasteiger partial charge in [-0.15, -0.1) is 0 Å². The average molecular weight is 281 g/mol. The molecule has 4 nitrogen and oxygen atoms in total. The zero-order valence-corrected chi connectivity index (χ0v) is 11.7. The van der Waals surface area contributed by atoms with E-state index in [0.717, 1.165) is 36.0 Å². The van der Waals surface area contributed by atoms with Crippen molar-refractivity contribution in [1.82, 2.24) is 9.55 Å². The number of fused-ring (bicyclic) bond motifs is 1. The Morgan fingerprint density at radius 2 is 2.37 bits per heavy atom. The summed E-state index contributed by atoms with van der Waals surface area (Å²) in [6.07, 6.45) is 5.03. The van der Waals surface area contributed by atoms with Crippen LogP contribution in [-0.2, 0) is 23.1 Å². The van der Waals surface area contributed by atoms with E-state index in [9.17, 15) is 0 Å². The molecule has 19 heavy (non-hydrogen) atoms. The Morgan fingerprint density at radius 1 is 1.47 bits per heavy atom. The quantitative estimate of drug-likeness (QED) is 0.810. The average Bonchev–Trinajstić information content (AvgIpc) is 2.74. The van der Waals surface area contributed by atoms with Crippen molar-refractivity contribution in [2.45, 2.75) is 32.2 Å². The van der Waals surface area contributed by atoms with Crippen molar-refractivity contribution < 1.29 is 9.47 Å². The molecule has 0 saturated carbocycles. The molecular formula is C14H17ClN2O2. The summed E-state index contributed by atoms with van der Waals surface area (Å²) in [4.78, 5) is 4.10. The van der Waals surface area contributed by atoms with E-state index in [2.05, 4.69) is 15.6 Å². The first kappa shape index (κ1) is 12.9. The summed E-state index contributed by atoms with van der Waals surface area (Å²) >= 11 is 5.92. The molecule has 0 amide bonds. The first-order valence-electron chi connectivity index (χ1n) is 6.57. The molecule has 2 aromatic rings. The van der Waals surface area contributed by atoms with Crippen LogP contribution < -0.4 is 0 Å². The molecule has 1 fully saturated rings. The number of nitrogens with zero attached hydrogens (tertiary/aromatic N) is 2. The fraction of sp³-hybridized carbons (Fsp3) is 0.500. The second-order valence-electron chi connectivity index (χ2n) is 4.87. The Hall–Kier alpha value is -1.10. The molecule has 2 aromatic heterocycles. The zero-order chi connectivity index (χ0) is 13.2. The normalized spacial score (nSPS) is 20.0. The molecule has 1 aliphatic heterocycles. The summed E-state index contributed by atoms with van der Waals surface area (Å²) in [7, 11) is 2.01. The lowest BCUT2D eigenvalue weighted by Crippen LogP contribution is -2.22. The maximum Gasteiger partial charge on any atom is 0.158 e. The van der Waals surface area contributed by atoms with Crippen LogP contribution >= 0.6 is 11.6 Å². The lowest BCUT2D eigenvalue weighted by molar-refractivity contribution is -0.169. The fourth-order valence-electron chi connectivity index (χ4n) is 2.42. The molecular weight excluding hydrogens is 264 g/mol. The lowest BCUT2D eigenvalue weighted by atomic mass is 10.2. The van der Waals surface area contributed by atoms with Crippen molar-refractivity contribution >= 4 is 22.5 Å². The highest BCUT2D eigenvalue weighted by Gasteiger charge is 2.15. The van der Waals surface area contributed by atoms with E-state index < -0.39 is 0 Å². The highest BCUT2D eigenvalue weighted by atomic mass is 35.5. The minimum atomic E-state index is -0.0616. The van der Waals surface area contributed by atoms with Gasteiger partial charge in [0.05, 0.1) is 12.1 Å². The second-order valence-corrected chi connectivity index (χ2v) is 5.25. The van der Waals surface area contributed by atoms with Gasteiger partial charge in [-0.3, -0.25) is 0 Å². The molecule has 3 rings (SSSR count). The van der Waals surface area contributed by atoms with Crippen LogP contribution in [0.15, 0.2) is 18.3 Å². The number of rotatable bonds is 3. The maximum atomic E-state index is 5.92. The van der Waals surface area contributed by atoms with Gasteiger partial charge >= 0.3 is 0 Å². The van der Waals surface area contributed by atoms with Gasteiger partial charge in [-0.25, -0.2) is 4.98 Å². The van der Waals surface area contributed by atoms with Crippen LogP contribution in [0.3, 0.4) is 0 Å². The highest BCUT2D eigenvalue weighted by Crippen LogP contribution is 2.22. The summed E-state index contributed by atoms with van der Waals surface area (Å²) in [5.41, 5.74) is 2.18. The number of aryl methyl sites for hydroxylation is 1. The monoisotopic (exact) mass is 280 g/mol. The van der Waals surface area contributed by atoms with E-state index in [0.29, 0.717) is 11.8 Å². The van der Waals surface area contributed by atoms with Gasteiger partial charge in [-0.1, -0.05) is 11.6 Å². The zero-order valence-electron chi connectivity index (χ0n) is 10.9. The van der Waals surface area contributed by atoms with E-state index in [1.165, 1.54) is 6.42 Å². The van der Waals surface area contributed by atoms with Gasteiger partial charge < -0.3 is 14.0 Å². The predicted octanol–water partition coefficient (Wildman–Crippen LogP) is 3.27. The standard InChI is InChI=1S/C14H17ClN2O2/c1-17-11(9-19-14-4-2-3-5-18-14)6-10-8-16-13(15)7-12(10)17/h6-8,14H,2-5,9H2,1H3. The van der Waals surface area contributed by atoms with Crippen molar-refractivity contribution in [2.75, 3.05) is 6.61 Å². The summed E-state index contributed by atoms with van der Waals surface area (Å²) in [6.45, 7) is 1.35. The maximum absolute atomic E-state index is 5.92. The van der Waals surface area contributed by atoms with Gasteiger partial charge in [0.1, 0.15) is 5.15 Å². The number of aromatic nitrogens is 2. The Kier molecular flexibility index (Phi) is 3.73. The Balaban J connectivity index is 1.75. The van der Waals surface area contributed by atoms with Crippen molar-refractivity contribution in [1.29, 1.82) is 0 Å². The Bertz CT molecular complexity index is 576. The number of pyridine rings is 1. The third-order valence-electron chi connectivity index (χ3n) is 3.55. The molecule has 0 aromatic carbocycles. The van der Waals surface area contributed by atoms with Crippen LogP contribution in [0, 0.1) is 0 Å². The van der Waals surface area contributed by atoms with Gasteiger partial charge in [-0.05, 0) is 31.4 Å². The van der Waals surface area contributed by atoms with Crippen LogP contribution in [0.5, 0.6) is 0 Å². The fourth-order valence-corrected chi connectivity index (χ4v) is 2.58. The first-order valence-corrected chi connectivity index (χ1v) is 6.95. The minimum absolute atomic E-state index is 0.0616. The van der Waals surface area contributed by atoms with Crippen molar-refractivity contribution in [2.24, 2.45) is 7.05 Å². The topological polar surface area (TPSA) is 36.3 Å². The molecule has 0 spiro atoms. The SMILES string of the molecule is Cn1c(COC2CCCCO2)cc2cnc(Cl)cc21. The van der Waals surface area contributed by atoms with Crippen LogP contribution in [0.1, 0.15) is 25.0 Å². The first-order chi connectivity index (χ1) is 9.24. The number of hydrogen-bond donors (Lipinski definition) is 0. The number of hydrogen-bond acceptors (Lipinski definition) is 3. The van der Waals surface area contributed by atoms with E-state index in [4.69, 9.17) is 21.1 Å². The van der Waals surface area contributed by atoms with Crippen LogP contribution in [0.2, 0.25) is 5.15 Å². The molecule has 1 saturated heterocycles.